The van der Waals surface area contributed by atoms with Crippen molar-refractivity contribution in [3.05, 3.63) is 35.9 Å². The summed E-state index contributed by atoms with van der Waals surface area (Å²) in [7, 11) is 0. The number of hydrogen-bond donors (Lipinski definition) is 1. The summed E-state index contributed by atoms with van der Waals surface area (Å²) in [4.78, 5) is 15.9. The maximum Gasteiger partial charge on any atom is 0.227 e. The van der Waals surface area contributed by atoms with Crippen LogP contribution in [0.4, 0.5) is 5.69 Å². The Balaban J connectivity index is 2.33. The van der Waals surface area contributed by atoms with Gasteiger partial charge in [0.05, 0.1) is 11.4 Å². The van der Waals surface area contributed by atoms with Crippen molar-refractivity contribution in [2.75, 3.05) is 5.32 Å². The molecule has 2 aromatic rings. The van der Waals surface area contributed by atoms with Gasteiger partial charge in [0.1, 0.15) is 12.7 Å². The van der Waals surface area contributed by atoms with Gasteiger partial charge in [-0.05, 0) is 24.6 Å². The van der Waals surface area contributed by atoms with Crippen LogP contribution >= 0.6 is 11.6 Å². The van der Waals surface area contributed by atoms with E-state index in [0.717, 1.165) is 12.1 Å². The third-order valence-electron chi connectivity index (χ3n) is 2.94. The molecule has 0 saturated heterocycles. The Kier molecular flexibility index (Phi) is 4.16. The zero-order chi connectivity index (χ0) is 13.8. The minimum absolute atomic E-state index is 0.0360. The second kappa shape index (κ2) is 5.84. The van der Waals surface area contributed by atoms with Gasteiger partial charge in [0, 0.05) is 10.9 Å². The van der Waals surface area contributed by atoms with Crippen molar-refractivity contribution in [1.82, 2.24) is 14.8 Å². The van der Waals surface area contributed by atoms with E-state index < -0.39 is 0 Å². The number of carbonyl (C=O) groups excluding carboxylic acids is 1. The Morgan fingerprint density at radius 1 is 1.53 bits per heavy atom. The lowest BCUT2D eigenvalue weighted by Crippen LogP contribution is -2.20. The van der Waals surface area contributed by atoms with Gasteiger partial charge in [-0.2, -0.15) is 5.10 Å². The lowest BCUT2D eigenvalue weighted by atomic mass is 10.1. The highest BCUT2D eigenvalue weighted by Gasteiger charge is 2.14. The topological polar surface area (TPSA) is 59.8 Å². The molecule has 1 heterocycles. The maximum atomic E-state index is 12.0. The standard InChI is InChI=1S/C13H15ClN4O/c1-3-9(2)13(19)17-11-6-10(14)4-5-12(11)18-8-15-7-16-18/h4-9H,3H2,1-2H3,(H,17,19). The van der Waals surface area contributed by atoms with Crippen LogP contribution in [0.2, 0.25) is 5.02 Å². The van der Waals surface area contributed by atoms with Crippen LogP contribution in [0.3, 0.4) is 0 Å². The van der Waals surface area contributed by atoms with Crippen molar-refractivity contribution in [3.63, 3.8) is 0 Å². The first-order valence-electron chi connectivity index (χ1n) is 6.07. The summed E-state index contributed by atoms with van der Waals surface area (Å²) in [6.45, 7) is 3.86. The van der Waals surface area contributed by atoms with E-state index in [1.807, 2.05) is 13.8 Å². The van der Waals surface area contributed by atoms with E-state index in [4.69, 9.17) is 11.6 Å². The van der Waals surface area contributed by atoms with Crippen molar-refractivity contribution in [2.45, 2.75) is 20.3 Å². The molecule has 2 rings (SSSR count). The van der Waals surface area contributed by atoms with E-state index in [2.05, 4.69) is 15.4 Å². The fraction of sp³-hybridized carbons (Fsp3) is 0.308. The van der Waals surface area contributed by atoms with Gasteiger partial charge < -0.3 is 5.32 Å². The Morgan fingerprint density at radius 2 is 2.32 bits per heavy atom. The molecule has 1 atom stereocenters. The largest absolute Gasteiger partial charge is 0.324 e. The Hall–Kier alpha value is -1.88. The first kappa shape index (κ1) is 13.5. The lowest BCUT2D eigenvalue weighted by molar-refractivity contribution is -0.119. The molecule has 0 aliphatic rings. The van der Waals surface area contributed by atoms with E-state index in [-0.39, 0.29) is 11.8 Å². The fourth-order valence-electron chi connectivity index (χ4n) is 1.58. The van der Waals surface area contributed by atoms with Crippen LogP contribution in [0.25, 0.3) is 5.69 Å². The molecule has 0 radical (unpaired) electrons. The van der Waals surface area contributed by atoms with Crippen LogP contribution in [-0.2, 0) is 4.79 Å². The summed E-state index contributed by atoms with van der Waals surface area (Å²) in [5, 5.41) is 7.50. The van der Waals surface area contributed by atoms with E-state index >= 15 is 0 Å². The number of anilines is 1. The summed E-state index contributed by atoms with van der Waals surface area (Å²) in [6.07, 6.45) is 3.79. The molecule has 0 aliphatic heterocycles. The normalized spacial score (nSPS) is 12.2. The predicted octanol–water partition coefficient (Wildman–Crippen LogP) is 2.91. The molecule has 0 bridgehead atoms. The minimum Gasteiger partial charge on any atom is -0.324 e. The van der Waals surface area contributed by atoms with Gasteiger partial charge >= 0.3 is 0 Å². The monoisotopic (exact) mass is 278 g/mol. The molecule has 0 spiro atoms. The zero-order valence-corrected chi connectivity index (χ0v) is 11.6. The number of aromatic nitrogens is 3. The van der Waals surface area contributed by atoms with Gasteiger partial charge in [0.25, 0.3) is 0 Å². The average molecular weight is 279 g/mol. The molecule has 100 valence electrons. The number of nitrogens with zero attached hydrogens (tertiary/aromatic N) is 3. The van der Waals surface area contributed by atoms with Gasteiger partial charge in [-0.25, -0.2) is 9.67 Å². The number of nitrogens with one attached hydrogen (secondary N) is 1. The van der Waals surface area contributed by atoms with Crippen molar-refractivity contribution in [2.24, 2.45) is 5.92 Å². The molecule has 1 aromatic heterocycles. The van der Waals surface area contributed by atoms with Crippen LogP contribution in [0.15, 0.2) is 30.9 Å². The zero-order valence-electron chi connectivity index (χ0n) is 10.8. The molecule has 0 saturated carbocycles. The molecule has 0 aliphatic carbocycles. The molecule has 1 aromatic carbocycles. The van der Waals surface area contributed by atoms with Crippen LogP contribution in [-0.4, -0.2) is 20.7 Å². The molecule has 1 N–H and O–H groups in total. The molecule has 0 fully saturated rings. The van der Waals surface area contributed by atoms with E-state index in [1.54, 1.807) is 29.2 Å². The van der Waals surface area contributed by atoms with Crippen molar-refractivity contribution < 1.29 is 4.79 Å². The number of halogens is 1. The van der Waals surface area contributed by atoms with Gasteiger partial charge in [0.15, 0.2) is 0 Å². The Bertz CT molecular complexity index is 568. The van der Waals surface area contributed by atoms with Gasteiger partial charge in [-0.3, -0.25) is 4.79 Å². The summed E-state index contributed by atoms with van der Waals surface area (Å²) in [5.74, 6) is -0.0892. The highest BCUT2D eigenvalue weighted by Crippen LogP contribution is 2.24. The van der Waals surface area contributed by atoms with E-state index in [0.29, 0.717) is 10.7 Å². The SMILES string of the molecule is CCC(C)C(=O)Nc1cc(Cl)ccc1-n1cncn1. The summed E-state index contributed by atoms with van der Waals surface area (Å²) in [6, 6.07) is 5.25. The molecular weight excluding hydrogens is 264 g/mol. The van der Waals surface area contributed by atoms with Gasteiger partial charge in [-0.15, -0.1) is 0 Å². The number of hydrogen-bond acceptors (Lipinski definition) is 3. The molecular formula is C13H15ClN4O. The van der Waals surface area contributed by atoms with Crippen LogP contribution in [0.1, 0.15) is 20.3 Å². The second-order valence-corrected chi connectivity index (χ2v) is 4.74. The minimum atomic E-state index is -0.0532. The average Bonchev–Trinajstić information content (AvgIpc) is 2.91. The fourth-order valence-corrected chi connectivity index (χ4v) is 1.75. The molecule has 5 nitrogen and oxygen atoms in total. The van der Waals surface area contributed by atoms with Crippen molar-refractivity contribution in [3.8, 4) is 5.69 Å². The second-order valence-electron chi connectivity index (χ2n) is 4.30. The molecule has 1 amide bonds. The Labute approximate surface area is 116 Å². The molecule has 1 unspecified atom stereocenters. The molecule has 19 heavy (non-hydrogen) atoms. The van der Waals surface area contributed by atoms with Gasteiger partial charge in [0.2, 0.25) is 5.91 Å². The highest BCUT2D eigenvalue weighted by atomic mass is 35.5. The van der Waals surface area contributed by atoms with Crippen LogP contribution in [0.5, 0.6) is 0 Å². The summed E-state index contributed by atoms with van der Waals surface area (Å²) in [5.41, 5.74) is 1.36. The molecule has 6 heteroatoms. The number of carbonyl (C=O) groups is 1. The van der Waals surface area contributed by atoms with E-state index in [9.17, 15) is 4.79 Å². The smallest absolute Gasteiger partial charge is 0.227 e. The van der Waals surface area contributed by atoms with Gasteiger partial charge in [-0.1, -0.05) is 25.4 Å². The van der Waals surface area contributed by atoms with E-state index in [1.165, 1.54) is 6.33 Å². The van der Waals surface area contributed by atoms with Crippen molar-refractivity contribution >= 4 is 23.2 Å². The third-order valence-corrected chi connectivity index (χ3v) is 3.18. The summed E-state index contributed by atoms with van der Waals surface area (Å²) >= 11 is 5.98. The maximum absolute atomic E-state index is 12.0. The first-order valence-corrected chi connectivity index (χ1v) is 6.45. The highest BCUT2D eigenvalue weighted by molar-refractivity contribution is 6.31. The summed E-state index contributed by atoms with van der Waals surface area (Å²) < 4.78 is 1.59. The third kappa shape index (κ3) is 3.12. The number of rotatable bonds is 4. The van der Waals surface area contributed by atoms with Crippen LogP contribution in [0, 0.1) is 5.92 Å². The number of amides is 1. The van der Waals surface area contributed by atoms with Crippen LogP contribution < -0.4 is 5.32 Å². The van der Waals surface area contributed by atoms with Crippen molar-refractivity contribution in [1.29, 1.82) is 0 Å². The Morgan fingerprint density at radius 3 is 2.95 bits per heavy atom. The quantitative estimate of drug-likeness (QED) is 0.935. The lowest BCUT2D eigenvalue weighted by Gasteiger charge is -2.14. The number of benzene rings is 1. The predicted molar refractivity (Wildman–Crippen MR) is 74.5 cm³/mol. The first-order chi connectivity index (χ1) is 9.11.